The van der Waals surface area contributed by atoms with Crippen molar-refractivity contribution in [3.05, 3.63) is 44.9 Å². The molecule has 0 aliphatic heterocycles. The molecule has 1 N–H and O–H groups in total. The van der Waals surface area contributed by atoms with Crippen LogP contribution in [0.1, 0.15) is 10.5 Å². The largest absolute Gasteiger partial charge is 0.476 e. The predicted molar refractivity (Wildman–Crippen MR) is 64.0 cm³/mol. The summed E-state index contributed by atoms with van der Waals surface area (Å²) in [6.07, 6.45) is 0. The normalized spacial score (nSPS) is 10.5. The fraction of sp³-hybridized carbons (Fsp3) is 0.0909. The molecule has 0 bridgehead atoms. The van der Waals surface area contributed by atoms with Gasteiger partial charge in [-0.2, -0.15) is 0 Å². The van der Waals surface area contributed by atoms with Gasteiger partial charge in [0.15, 0.2) is 5.69 Å². The number of carboxylic acid groups (broad SMARTS) is 1. The first-order valence-corrected chi connectivity index (χ1v) is 5.49. The van der Waals surface area contributed by atoms with Crippen molar-refractivity contribution in [2.75, 3.05) is 0 Å². The Morgan fingerprint density at radius 1 is 1.35 bits per heavy atom. The minimum absolute atomic E-state index is 0.0625. The summed E-state index contributed by atoms with van der Waals surface area (Å²) < 4.78 is 6.57. The molecule has 1 heterocycles. The molecule has 0 radical (unpaired) electrons. The van der Waals surface area contributed by atoms with Crippen molar-refractivity contribution in [2.45, 2.75) is 0 Å². The first kappa shape index (κ1) is 11.7. The van der Waals surface area contributed by atoms with Crippen molar-refractivity contribution >= 4 is 21.9 Å². The van der Waals surface area contributed by atoms with Crippen LogP contribution in [-0.4, -0.2) is 15.8 Å². The van der Waals surface area contributed by atoms with Gasteiger partial charge in [0.05, 0.1) is 0 Å². The Morgan fingerprint density at radius 2 is 1.94 bits per heavy atom. The van der Waals surface area contributed by atoms with Crippen LogP contribution in [0, 0.1) is 0 Å². The van der Waals surface area contributed by atoms with Gasteiger partial charge >= 0.3 is 11.6 Å². The smallest absolute Gasteiger partial charge is 0.366 e. The van der Waals surface area contributed by atoms with Crippen LogP contribution in [-0.2, 0) is 7.05 Å². The molecule has 0 spiro atoms. The van der Waals surface area contributed by atoms with E-state index in [1.165, 1.54) is 7.05 Å². The second-order valence-electron chi connectivity index (χ2n) is 3.41. The Hall–Kier alpha value is -1.82. The molecule has 88 valence electrons. The third kappa shape index (κ3) is 2.03. The number of aryl methyl sites for hydroxylation is 1. The number of carbonyl (C=O) groups is 1. The molecule has 2 rings (SSSR count). The maximum absolute atomic E-state index is 11.6. The average Bonchev–Trinajstić information content (AvgIpc) is 2.55. The zero-order valence-electron chi connectivity index (χ0n) is 8.81. The second kappa shape index (κ2) is 4.21. The Kier molecular flexibility index (Phi) is 2.89. The van der Waals surface area contributed by atoms with Gasteiger partial charge in [0.25, 0.3) is 0 Å². The van der Waals surface area contributed by atoms with Crippen LogP contribution in [0.4, 0.5) is 0 Å². The number of rotatable bonds is 2. The summed E-state index contributed by atoms with van der Waals surface area (Å²) in [7, 11) is 1.38. The highest BCUT2D eigenvalue weighted by atomic mass is 79.9. The van der Waals surface area contributed by atoms with Gasteiger partial charge in [0, 0.05) is 11.5 Å². The molecule has 6 heteroatoms. The van der Waals surface area contributed by atoms with E-state index in [-0.39, 0.29) is 11.3 Å². The molecule has 0 unspecified atom stereocenters. The Bertz CT molecular complexity index is 624. The van der Waals surface area contributed by atoms with Crippen molar-refractivity contribution in [1.29, 1.82) is 0 Å². The maximum atomic E-state index is 11.6. The number of benzene rings is 1. The quantitative estimate of drug-likeness (QED) is 0.921. The van der Waals surface area contributed by atoms with E-state index in [0.717, 1.165) is 9.21 Å². The van der Waals surface area contributed by atoms with E-state index in [4.69, 9.17) is 9.63 Å². The Morgan fingerprint density at radius 3 is 2.47 bits per heavy atom. The SMILES string of the molecule is Cn1oc(=O)c(-c2ccc(Br)cc2)c1C(=O)O. The van der Waals surface area contributed by atoms with Crippen LogP contribution in [0.3, 0.4) is 0 Å². The zero-order valence-corrected chi connectivity index (χ0v) is 10.4. The summed E-state index contributed by atoms with van der Waals surface area (Å²) in [5.74, 6) is -1.20. The van der Waals surface area contributed by atoms with Gasteiger partial charge in [-0.3, -0.25) is 0 Å². The molecule has 5 nitrogen and oxygen atoms in total. The van der Waals surface area contributed by atoms with Crippen LogP contribution < -0.4 is 5.63 Å². The summed E-state index contributed by atoms with van der Waals surface area (Å²) in [6.45, 7) is 0. The molecular formula is C11H8BrNO4. The first-order chi connectivity index (χ1) is 8.00. The highest BCUT2D eigenvalue weighted by Crippen LogP contribution is 2.22. The van der Waals surface area contributed by atoms with Gasteiger partial charge in [-0.1, -0.05) is 28.1 Å². The number of halogens is 1. The molecule has 0 saturated heterocycles. The van der Waals surface area contributed by atoms with Gasteiger partial charge in [0.2, 0.25) is 0 Å². The molecule has 0 amide bonds. The van der Waals surface area contributed by atoms with E-state index < -0.39 is 11.6 Å². The van der Waals surface area contributed by atoms with Crippen LogP contribution in [0.5, 0.6) is 0 Å². The second-order valence-corrected chi connectivity index (χ2v) is 4.33. The highest BCUT2D eigenvalue weighted by molar-refractivity contribution is 9.10. The first-order valence-electron chi connectivity index (χ1n) is 4.70. The monoisotopic (exact) mass is 297 g/mol. The van der Waals surface area contributed by atoms with Crippen molar-refractivity contribution in [2.24, 2.45) is 7.05 Å². The predicted octanol–water partition coefficient (Wildman–Crippen LogP) is 2.11. The summed E-state index contributed by atoms with van der Waals surface area (Å²) in [6, 6.07) is 6.77. The third-order valence-corrected chi connectivity index (χ3v) is 2.84. The number of hydrogen-bond acceptors (Lipinski definition) is 3. The summed E-state index contributed by atoms with van der Waals surface area (Å²) in [4.78, 5) is 22.7. The van der Waals surface area contributed by atoms with E-state index >= 15 is 0 Å². The minimum atomic E-state index is -1.20. The average molecular weight is 298 g/mol. The van der Waals surface area contributed by atoms with Crippen LogP contribution in [0.25, 0.3) is 11.1 Å². The van der Waals surface area contributed by atoms with Crippen molar-refractivity contribution in [1.82, 2.24) is 4.74 Å². The highest BCUT2D eigenvalue weighted by Gasteiger charge is 2.22. The fourth-order valence-electron chi connectivity index (χ4n) is 1.58. The topological polar surface area (TPSA) is 72.4 Å². The van der Waals surface area contributed by atoms with Gasteiger partial charge < -0.3 is 9.63 Å². The standard InChI is InChI=1S/C11H8BrNO4/c1-13-9(10(14)15)8(11(16)17-13)6-2-4-7(12)5-3-6/h2-5H,1H3,(H,14,15). The van der Waals surface area contributed by atoms with E-state index in [9.17, 15) is 9.59 Å². The molecule has 0 aliphatic rings. The number of carboxylic acids is 1. The lowest BCUT2D eigenvalue weighted by molar-refractivity contribution is 0.0673. The van der Waals surface area contributed by atoms with Gasteiger partial charge in [-0.05, 0) is 17.7 Å². The number of hydrogen-bond donors (Lipinski definition) is 1. The molecule has 0 fully saturated rings. The maximum Gasteiger partial charge on any atom is 0.366 e. The summed E-state index contributed by atoms with van der Waals surface area (Å²) in [5.41, 5.74) is -0.239. The van der Waals surface area contributed by atoms with Gasteiger partial charge in [-0.25, -0.2) is 14.3 Å². The molecule has 1 aromatic carbocycles. The molecular weight excluding hydrogens is 290 g/mol. The van der Waals surface area contributed by atoms with Crippen LogP contribution in [0.2, 0.25) is 0 Å². The third-order valence-electron chi connectivity index (χ3n) is 2.31. The van der Waals surface area contributed by atoms with E-state index in [1.807, 2.05) is 0 Å². The molecule has 0 atom stereocenters. The number of nitrogens with zero attached hydrogens (tertiary/aromatic N) is 1. The van der Waals surface area contributed by atoms with Crippen molar-refractivity contribution in [3.8, 4) is 11.1 Å². The lowest BCUT2D eigenvalue weighted by atomic mass is 10.1. The van der Waals surface area contributed by atoms with E-state index in [0.29, 0.717) is 5.56 Å². The molecule has 0 aliphatic carbocycles. The number of aromatic carboxylic acids is 1. The molecule has 17 heavy (non-hydrogen) atoms. The molecule has 0 saturated carbocycles. The summed E-state index contributed by atoms with van der Waals surface area (Å²) in [5, 5.41) is 9.05. The number of aromatic nitrogens is 1. The lowest BCUT2D eigenvalue weighted by Gasteiger charge is -1.99. The van der Waals surface area contributed by atoms with Gasteiger partial charge in [0.1, 0.15) is 5.56 Å². The summed E-state index contributed by atoms with van der Waals surface area (Å²) >= 11 is 3.27. The van der Waals surface area contributed by atoms with Crippen LogP contribution in [0.15, 0.2) is 38.1 Å². The Labute approximate surface area is 104 Å². The van der Waals surface area contributed by atoms with Gasteiger partial charge in [-0.15, -0.1) is 0 Å². The van der Waals surface area contributed by atoms with E-state index in [2.05, 4.69) is 15.9 Å². The fourth-order valence-corrected chi connectivity index (χ4v) is 1.85. The Balaban J connectivity index is 2.70. The molecule has 1 aromatic heterocycles. The molecule has 2 aromatic rings. The van der Waals surface area contributed by atoms with Crippen LogP contribution >= 0.6 is 15.9 Å². The zero-order chi connectivity index (χ0) is 12.6. The van der Waals surface area contributed by atoms with Crippen molar-refractivity contribution < 1.29 is 14.4 Å². The minimum Gasteiger partial charge on any atom is -0.476 e. The van der Waals surface area contributed by atoms with E-state index in [1.54, 1.807) is 24.3 Å². The lowest BCUT2D eigenvalue weighted by Crippen LogP contribution is -2.06. The van der Waals surface area contributed by atoms with Crippen molar-refractivity contribution in [3.63, 3.8) is 0 Å².